The number of carbonyl (C=O) groups excluding carboxylic acids is 1. The van der Waals surface area contributed by atoms with Crippen LogP contribution in [0.3, 0.4) is 0 Å². The Kier molecular flexibility index (Phi) is 5.75. The molecule has 100 valence electrons. The highest BCUT2D eigenvalue weighted by molar-refractivity contribution is 5.74. The maximum absolute atomic E-state index is 12.0. The number of aliphatic hydroxyl groups excluding tert-OH is 1. The molecule has 0 aliphatic heterocycles. The molecular weight excluding hydrogens is 216 g/mol. The summed E-state index contributed by atoms with van der Waals surface area (Å²) in [4.78, 5) is 13.6. The van der Waals surface area contributed by atoms with E-state index in [0.29, 0.717) is 25.0 Å². The van der Waals surface area contributed by atoms with Crippen LogP contribution >= 0.6 is 0 Å². The first kappa shape index (κ1) is 14.3. The van der Waals surface area contributed by atoms with Crippen molar-refractivity contribution in [3.63, 3.8) is 0 Å². The van der Waals surface area contributed by atoms with Crippen LogP contribution in [0, 0.1) is 11.8 Å². The zero-order valence-electron chi connectivity index (χ0n) is 11.3. The summed E-state index contributed by atoms with van der Waals surface area (Å²) in [7, 11) is 0. The van der Waals surface area contributed by atoms with E-state index in [1.807, 2.05) is 6.92 Å². The summed E-state index contributed by atoms with van der Waals surface area (Å²) in [6, 6.07) is 0.263. The van der Waals surface area contributed by atoms with Crippen LogP contribution in [0.25, 0.3) is 0 Å². The topological polar surface area (TPSA) is 52.6 Å². The van der Waals surface area contributed by atoms with Crippen LogP contribution in [0.2, 0.25) is 0 Å². The third-order valence-corrected chi connectivity index (χ3v) is 3.78. The summed E-state index contributed by atoms with van der Waals surface area (Å²) in [5, 5.41) is 12.0. The number of urea groups is 1. The molecule has 1 aliphatic rings. The first-order valence-corrected chi connectivity index (χ1v) is 6.74. The fraction of sp³-hybridized carbons (Fsp3) is 0.923. The van der Waals surface area contributed by atoms with Crippen LogP contribution in [0.5, 0.6) is 0 Å². The molecule has 1 saturated carbocycles. The Morgan fingerprint density at radius 2 is 2.12 bits per heavy atom. The smallest absolute Gasteiger partial charge is 0.317 e. The van der Waals surface area contributed by atoms with Crippen molar-refractivity contribution in [2.24, 2.45) is 11.8 Å². The molecule has 1 aliphatic carbocycles. The van der Waals surface area contributed by atoms with Crippen LogP contribution in [-0.4, -0.2) is 41.8 Å². The third kappa shape index (κ3) is 4.19. The van der Waals surface area contributed by atoms with Gasteiger partial charge < -0.3 is 15.3 Å². The molecule has 0 spiro atoms. The molecule has 0 aromatic heterocycles. The molecule has 0 aromatic carbocycles. The number of rotatable bonds is 4. The lowest BCUT2D eigenvalue weighted by atomic mass is 9.80. The van der Waals surface area contributed by atoms with Crippen molar-refractivity contribution in [1.29, 1.82) is 0 Å². The van der Waals surface area contributed by atoms with E-state index >= 15 is 0 Å². The van der Waals surface area contributed by atoms with Crippen LogP contribution in [0.4, 0.5) is 4.79 Å². The van der Waals surface area contributed by atoms with Gasteiger partial charge in [-0.1, -0.05) is 13.8 Å². The van der Waals surface area contributed by atoms with Crippen LogP contribution in [0.1, 0.15) is 40.0 Å². The van der Waals surface area contributed by atoms with E-state index in [4.69, 9.17) is 5.11 Å². The van der Waals surface area contributed by atoms with Gasteiger partial charge in [0.25, 0.3) is 0 Å². The van der Waals surface area contributed by atoms with Gasteiger partial charge in [-0.15, -0.1) is 0 Å². The summed E-state index contributed by atoms with van der Waals surface area (Å²) < 4.78 is 0. The van der Waals surface area contributed by atoms with Gasteiger partial charge in [-0.25, -0.2) is 4.79 Å². The molecule has 0 radical (unpaired) electrons. The van der Waals surface area contributed by atoms with Crippen molar-refractivity contribution >= 4 is 6.03 Å². The van der Waals surface area contributed by atoms with Gasteiger partial charge >= 0.3 is 6.03 Å². The Balaban J connectivity index is 2.44. The number of hydrogen-bond donors (Lipinski definition) is 2. The second-order valence-corrected chi connectivity index (χ2v) is 5.25. The first-order valence-electron chi connectivity index (χ1n) is 6.74. The highest BCUT2D eigenvalue weighted by atomic mass is 16.3. The highest BCUT2D eigenvalue weighted by Crippen LogP contribution is 2.28. The van der Waals surface area contributed by atoms with Crippen molar-refractivity contribution in [1.82, 2.24) is 10.2 Å². The minimum atomic E-state index is -0.0343. The summed E-state index contributed by atoms with van der Waals surface area (Å²) in [6.45, 7) is 7.51. The van der Waals surface area contributed by atoms with Gasteiger partial charge in [0.2, 0.25) is 0 Å². The Morgan fingerprint density at radius 1 is 1.41 bits per heavy atom. The molecule has 3 unspecified atom stereocenters. The minimum Gasteiger partial charge on any atom is -0.395 e. The van der Waals surface area contributed by atoms with E-state index in [9.17, 15) is 4.79 Å². The van der Waals surface area contributed by atoms with Crippen molar-refractivity contribution < 1.29 is 9.90 Å². The second kappa shape index (κ2) is 6.84. The standard InChI is InChI=1S/C13H26N2O2/c1-4-15(7-8-16)13(17)14-12-6-5-10(2)9-11(12)3/h10-12,16H,4-9H2,1-3H3,(H,14,17). The zero-order valence-corrected chi connectivity index (χ0v) is 11.3. The van der Waals surface area contributed by atoms with E-state index < -0.39 is 0 Å². The number of hydrogen-bond acceptors (Lipinski definition) is 2. The average Bonchev–Trinajstić information content (AvgIpc) is 2.29. The molecule has 3 atom stereocenters. The highest BCUT2D eigenvalue weighted by Gasteiger charge is 2.27. The van der Waals surface area contributed by atoms with E-state index in [0.717, 1.165) is 12.3 Å². The molecule has 17 heavy (non-hydrogen) atoms. The van der Waals surface area contributed by atoms with Crippen molar-refractivity contribution in [3.05, 3.63) is 0 Å². The molecule has 0 heterocycles. The summed E-state index contributed by atoms with van der Waals surface area (Å²) in [5.41, 5.74) is 0. The molecule has 2 N–H and O–H groups in total. The van der Waals surface area contributed by atoms with Gasteiger partial charge in [-0.05, 0) is 38.0 Å². The maximum Gasteiger partial charge on any atom is 0.317 e. The Morgan fingerprint density at radius 3 is 2.65 bits per heavy atom. The fourth-order valence-electron chi connectivity index (χ4n) is 2.65. The van der Waals surface area contributed by atoms with Crippen LogP contribution in [-0.2, 0) is 0 Å². The quantitative estimate of drug-likeness (QED) is 0.790. The Hall–Kier alpha value is -0.770. The summed E-state index contributed by atoms with van der Waals surface area (Å²) in [5.74, 6) is 1.33. The summed E-state index contributed by atoms with van der Waals surface area (Å²) >= 11 is 0. The van der Waals surface area contributed by atoms with Crippen molar-refractivity contribution in [3.8, 4) is 0 Å². The lowest BCUT2D eigenvalue weighted by Gasteiger charge is -2.34. The molecule has 1 fully saturated rings. The van der Waals surface area contributed by atoms with Gasteiger partial charge in [0, 0.05) is 19.1 Å². The lowest BCUT2D eigenvalue weighted by Crippen LogP contribution is -2.49. The van der Waals surface area contributed by atoms with E-state index in [1.54, 1.807) is 4.90 Å². The van der Waals surface area contributed by atoms with Gasteiger partial charge in [-0.2, -0.15) is 0 Å². The predicted octanol–water partition coefficient (Wildman–Crippen LogP) is 1.83. The largest absolute Gasteiger partial charge is 0.395 e. The Bertz CT molecular complexity index is 246. The normalized spacial score (nSPS) is 28.8. The molecule has 0 aromatic rings. The number of likely N-dealkylation sites (N-methyl/N-ethyl adjacent to an activating group) is 1. The molecular formula is C13H26N2O2. The number of amides is 2. The minimum absolute atomic E-state index is 0.0263. The zero-order chi connectivity index (χ0) is 12.8. The average molecular weight is 242 g/mol. The fourth-order valence-corrected chi connectivity index (χ4v) is 2.65. The lowest BCUT2D eigenvalue weighted by molar-refractivity contribution is 0.163. The SMILES string of the molecule is CCN(CCO)C(=O)NC1CCC(C)CC1C. The van der Waals surface area contributed by atoms with Crippen molar-refractivity contribution in [2.75, 3.05) is 19.7 Å². The van der Waals surface area contributed by atoms with E-state index in [2.05, 4.69) is 19.2 Å². The van der Waals surface area contributed by atoms with E-state index in [1.165, 1.54) is 12.8 Å². The second-order valence-electron chi connectivity index (χ2n) is 5.25. The molecule has 4 heteroatoms. The third-order valence-electron chi connectivity index (χ3n) is 3.78. The van der Waals surface area contributed by atoms with Crippen LogP contribution in [0.15, 0.2) is 0 Å². The van der Waals surface area contributed by atoms with Gasteiger partial charge in [-0.3, -0.25) is 0 Å². The van der Waals surface area contributed by atoms with Crippen molar-refractivity contribution in [2.45, 2.75) is 46.1 Å². The molecule has 0 bridgehead atoms. The predicted molar refractivity (Wildman–Crippen MR) is 68.8 cm³/mol. The number of aliphatic hydroxyl groups is 1. The molecule has 2 amide bonds. The molecule has 0 saturated heterocycles. The monoisotopic (exact) mass is 242 g/mol. The molecule has 1 rings (SSSR count). The summed E-state index contributed by atoms with van der Waals surface area (Å²) in [6.07, 6.45) is 3.46. The number of nitrogens with zero attached hydrogens (tertiary/aromatic N) is 1. The van der Waals surface area contributed by atoms with Crippen LogP contribution < -0.4 is 5.32 Å². The van der Waals surface area contributed by atoms with E-state index in [-0.39, 0.29) is 12.6 Å². The van der Waals surface area contributed by atoms with Gasteiger partial charge in [0.15, 0.2) is 0 Å². The first-order chi connectivity index (χ1) is 8.08. The number of nitrogens with one attached hydrogen (secondary N) is 1. The molecule has 4 nitrogen and oxygen atoms in total. The maximum atomic E-state index is 12.0. The Labute approximate surface area is 104 Å². The van der Waals surface area contributed by atoms with Gasteiger partial charge in [0.05, 0.1) is 6.61 Å². The van der Waals surface area contributed by atoms with Gasteiger partial charge in [0.1, 0.15) is 0 Å². The number of carbonyl (C=O) groups is 1.